The van der Waals surface area contributed by atoms with Crippen molar-refractivity contribution >= 4 is 54.8 Å². The first-order chi connectivity index (χ1) is 26.1. The number of rotatable bonds is 10. The van der Waals surface area contributed by atoms with Crippen LogP contribution in [0.4, 0.5) is 0 Å². The molecule has 6 aromatic rings. The second-order valence-electron chi connectivity index (χ2n) is 12.6. The standard InChI is InChI=1S/C50H40N2S/c1-38(40-19-7-2-3-8-22-42(33-32-40)47(51)34-30-39-29-31-43-25-17-35-52-48(43)36-39)18-15-16-28-49-50(44-23-11-5-12-24-44)46(41-20-9-4-10-21-41)37-53(49)45-26-13-6-14-27-45/h2-36,51H,1,37H2/b3-2?,7-2?,8-3?,18-15-,19-7?,22-8?,28-16+,33-32?,34-30-,40-19?,40-32?,42-22?,42-33?,51-47?. The fourth-order valence-electron chi connectivity index (χ4n) is 6.32. The van der Waals surface area contributed by atoms with Gasteiger partial charge in [0.2, 0.25) is 0 Å². The van der Waals surface area contributed by atoms with Crippen LogP contribution >= 0.6 is 10.5 Å². The van der Waals surface area contributed by atoms with Crippen LogP contribution in [0.1, 0.15) is 27.8 Å². The summed E-state index contributed by atoms with van der Waals surface area (Å²) >= 11 is 0. The highest BCUT2D eigenvalue weighted by Crippen LogP contribution is 2.46. The van der Waals surface area contributed by atoms with E-state index in [9.17, 15) is 0 Å². The van der Waals surface area contributed by atoms with E-state index < -0.39 is 0 Å². The normalized spacial score (nSPS) is 14.3. The van der Waals surface area contributed by atoms with Crippen molar-refractivity contribution < 1.29 is 0 Å². The predicted octanol–water partition coefficient (Wildman–Crippen LogP) is 12.7. The Bertz CT molecular complexity index is 2490. The third kappa shape index (κ3) is 8.73. The van der Waals surface area contributed by atoms with Crippen LogP contribution in [0.15, 0.2) is 218 Å². The summed E-state index contributed by atoms with van der Waals surface area (Å²) in [4.78, 5) is 7.15. The first-order valence-electron chi connectivity index (χ1n) is 17.7. The van der Waals surface area contributed by atoms with Crippen molar-refractivity contribution in [2.75, 3.05) is 5.75 Å². The zero-order valence-electron chi connectivity index (χ0n) is 29.5. The number of nitrogens with one attached hydrogen (secondary N) is 1. The Balaban J connectivity index is 1.17. The van der Waals surface area contributed by atoms with E-state index in [0.717, 1.165) is 38.9 Å². The summed E-state index contributed by atoms with van der Waals surface area (Å²) in [5.41, 5.74) is 10.2. The molecule has 0 saturated carbocycles. The van der Waals surface area contributed by atoms with Gasteiger partial charge in [0.05, 0.1) is 11.2 Å². The maximum atomic E-state index is 8.86. The third-order valence-corrected chi connectivity index (χ3v) is 11.3. The molecule has 5 aromatic carbocycles. The molecule has 0 bridgehead atoms. The molecule has 0 fully saturated rings. The molecular formula is C50H40N2S. The summed E-state index contributed by atoms with van der Waals surface area (Å²) in [5.74, 6) is 0.965. The molecule has 7 rings (SSSR count). The van der Waals surface area contributed by atoms with E-state index in [1.807, 2.05) is 66.7 Å². The van der Waals surface area contributed by atoms with E-state index >= 15 is 0 Å². The SMILES string of the molecule is C=C(/C=C\C=C\C1=S(c2ccccc2)CC(c2ccccc2)=C1c1ccccc1)c1ccccccc(C(=N)/C=C\c2ccc3cccnc3c2)cc1. The second-order valence-corrected chi connectivity index (χ2v) is 14.6. The summed E-state index contributed by atoms with van der Waals surface area (Å²) in [5, 5.41) is 9.96. The van der Waals surface area contributed by atoms with Crippen LogP contribution < -0.4 is 0 Å². The van der Waals surface area contributed by atoms with Crippen molar-refractivity contribution in [3.63, 3.8) is 0 Å². The monoisotopic (exact) mass is 700 g/mol. The average Bonchev–Trinajstić information content (AvgIpc) is 3.60. The lowest BCUT2D eigenvalue weighted by atomic mass is 9.93. The Morgan fingerprint density at radius 3 is 2.00 bits per heavy atom. The van der Waals surface area contributed by atoms with Gasteiger partial charge in [0, 0.05) is 27.1 Å². The molecule has 1 aliphatic rings. The molecule has 256 valence electrons. The minimum atomic E-state index is -0.119. The average molecular weight is 701 g/mol. The highest BCUT2D eigenvalue weighted by molar-refractivity contribution is 8.17. The Morgan fingerprint density at radius 1 is 0.604 bits per heavy atom. The summed E-state index contributed by atoms with van der Waals surface area (Å²) in [6, 6.07) is 58.6. The van der Waals surface area contributed by atoms with Crippen molar-refractivity contribution in [2.45, 2.75) is 4.90 Å². The van der Waals surface area contributed by atoms with Crippen molar-refractivity contribution in [3.8, 4) is 0 Å². The molecule has 2 nitrogen and oxygen atoms in total. The Labute approximate surface area is 315 Å². The summed E-state index contributed by atoms with van der Waals surface area (Å²) < 4.78 is 0. The highest BCUT2D eigenvalue weighted by atomic mass is 32.2. The molecule has 0 radical (unpaired) electrons. The number of aromatic nitrogens is 1. The maximum Gasteiger partial charge on any atom is 0.0707 e. The fourth-order valence-corrected chi connectivity index (χ4v) is 8.71. The lowest BCUT2D eigenvalue weighted by Crippen LogP contribution is -1.97. The van der Waals surface area contributed by atoms with Crippen molar-refractivity contribution in [3.05, 3.63) is 241 Å². The van der Waals surface area contributed by atoms with Crippen molar-refractivity contribution in [1.29, 1.82) is 5.41 Å². The number of hydrogen-bond acceptors (Lipinski definition) is 2. The van der Waals surface area contributed by atoms with Crippen LogP contribution in [0.5, 0.6) is 0 Å². The number of allylic oxidation sites excluding steroid dienone is 7. The Morgan fingerprint density at radius 2 is 1.25 bits per heavy atom. The molecule has 1 aromatic heterocycles. The van der Waals surface area contributed by atoms with Gasteiger partial charge < -0.3 is 5.41 Å². The molecule has 0 saturated heterocycles. The number of pyridine rings is 1. The summed E-state index contributed by atoms with van der Waals surface area (Å²) in [6.07, 6.45) is 14.2. The van der Waals surface area contributed by atoms with E-state index in [4.69, 9.17) is 5.41 Å². The minimum Gasteiger partial charge on any atom is -0.300 e. The van der Waals surface area contributed by atoms with E-state index in [1.165, 1.54) is 32.0 Å². The first kappa shape index (κ1) is 35.0. The predicted molar refractivity (Wildman–Crippen MR) is 231 cm³/mol. The summed E-state index contributed by atoms with van der Waals surface area (Å²) in [7, 11) is -0.119. The highest BCUT2D eigenvalue weighted by Gasteiger charge is 2.25. The van der Waals surface area contributed by atoms with Crippen LogP contribution in [0, 0.1) is 5.41 Å². The van der Waals surface area contributed by atoms with Crippen LogP contribution in [-0.2, 0) is 0 Å². The zero-order chi connectivity index (χ0) is 36.2. The molecule has 0 spiro atoms. The molecule has 0 amide bonds. The van der Waals surface area contributed by atoms with Gasteiger partial charge in [0.1, 0.15) is 0 Å². The molecular weight excluding hydrogens is 661 g/mol. The van der Waals surface area contributed by atoms with Crippen molar-refractivity contribution in [1.82, 2.24) is 4.98 Å². The number of nitrogens with zero attached hydrogens (tertiary/aromatic N) is 1. The van der Waals surface area contributed by atoms with Gasteiger partial charge in [0.15, 0.2) is 0 Å². The zero-order valence-corrected chi connectivity index (χ0v) is 30.3. The van der Waals surface area contributed by atoms with Gasteiger partial charge in [-0.1, -0.05) is 176 Å². The van der Waals surface area contributed by atoms with Crippen LogP contribution in [0.3, 0.4) is 0 Å². The topological polar surface area (TPSA) is 36.7 Å². The maximum absolute atomic E-state index is 8.86. The largest absolute Gasteiger partial charge is 0.300 e. The summed E-state index contributed by atoms with van der Waals surface area (Å²) in [6.45, 7) is 4.42. The number of hydrogen-bond donors (Lipinski definition) is 1. The smallest absolute Gasteiger partial charge is 0.0707 e. The van der Waals surface area contributed by atoms with Crippen LogP contribution in [0.2, 0.25) is 0 Å². The quantitative estimate of drug-likeness (QED) is 0.0657. The van der Waals surface area contributed by atoms with E-state index in [1.54, 1.807) is 6.20 Å². The second kappa shape index (κ2) is 17.2. The van der Waals surface area contributed by atoms with Crippen molar-refractivity contribution in [2.24, 2.45) is 0 Å². The van der Waals surface area contributed by atoms with Gasteiger partial charge in [-0.3, -0.25) is 4.98 Å². The number of benzene rings is 4. The van der Waals surface area contributed by atoms with Gasteiger partial charge in [-0.15, -0.1) is 10.5 Å². The van der Waals surface area contributed by atoms with Gasteiger partial charge in [-0.05, 0) is 81.0 Å². The van der Waals surface area contributed by atoms with Gasteiger partial charge >= 0.3 is 0 Å². The minimum absolute atomic E-state index is 0.119. The molecule has 2 heterocycles. The molecule has 1 N–H and O–H groups in total. The van der Waals surface area contributed by atoms with E-state index in [2.05, 4.69) is 151 Å². The van der Waals surface area contributed by atoms with Crippen LogP contribution in [-0.4, -0.2) is 21.3 Å². The number of fused-ring (bicyclic) bond motifs is 1. The van der Waals surface area contributed by atoms with E-state index in [0.29, 0.717) is 5.71 Å². The molecule has 0 aliphatic carbocycles. The Kier molecular flexibility index (Phi) is 11.4. The lowest BCUT2D eigenvalue weighted by molar-refractivity contribution is 1.41. The molecule has 1 atom stereocenters. The Hall–Kier alpha value is -6.42. The van der Waals surface area contributed by atoms with Gasteiger partial charge in [-0.25, -0.2) is 0 Å². The van der Waals surface area contributed by atoms with Crippen LogP contribution in [0.25, 0.3) is 33.7 Å². The fraction of sp³-hybridized carbons (Fsp3) is 0.0200. The first-order valence-corrected chi connectivity index (χ1v) is 19.1. The molecule has 53 heavy (non-hydrogen) atoms. The van der Waals surface area contributed by atoms with E-state index in [-0.39, 0.29) is 10.5 Å². The van der Waals surface area contributed by atoms with Gasteiger partial charge in [0.25, 0.3) is 0 Å². The lowest BCUT2D eigenvalue weighted by Gasteiger charge is -2.10. The molecule has 1 aliphatic heterocycles. The molecule has 3 heteroatoms. The third-order valence-electron chi connectivity index (χ3n) is 9.05. The van der Waals surface area contributed by atoms with Gasteiger partial charge in [-0.2, -0.15) is 0 Å². The molecule has 1 unspecified atom stereocenters.